The molecule has 0 radical (unpaired) electrons. The van der Waals surface area contributed by atoms with Crippen molar-refractivity contribution in [2.24, 2.45) is 0 Å². The minimum Gasteiger partial charge on any atom is -0.444 e. The lowest BCUT2D eigenvalue weighted by Crippen LogP contribution is -2.22. The van der Waals surface area contributed by atoms with Gasteiger partial charge in [-0.3, -0.25) is 5.32 Å². The molecule has 1 amide bonds. The third kappa shape index (κ3) is 4.80. The fraction of sp³-hybridized carbons (Fsp3) is 0.167. The summed E-state index contributed by atoms with van der Waals surface area (Å²) in [5, 5.41) is 2.80. The summed E-state index contributed by atoms with van der Waals surface area (Å²) in [4.78, 5) is 11.9. The van der Waals surface area contributed by atoms with Crippen molar-refractivity contribution in [3.63, 3.8) is 0 Å². The number of carbonyl (C=O) groups is 1. The minimum absolute atomic E-state index is 0.265. The zero-order valence-electron chi connectivity index (χ0n) is 12.1. The highest BCUT2D eigenvalue weighted by Crippen LogP contribution is 2.12. The van der Waals surface area contributed by atoms with Crippen molar-refractivity contribution in [2.75, 3.05) is 0 Å². The number of rotatable bonds is 5. The number of allylic oxidation sites excluding steroid dienone is 1. The molecule has 21 heavy (non-hydrogen) atoms. The first-order valence-corrected chi connectivity index (χ1v) is 7.03. The van der Waals surface area contributed by atoms with Crippen molar-refractivity contribution in [1.82, 2.24) is 5.32 Å². The quantitative estimate of drug-likeness (QED) is 0.884. The first-order valence-electron chi connectivity index (χ1n) is 7.03. The lowest BCUT2D eigenvalue weighted by Gasteiger charge is -2.11. The molecule has 0 fully saturated rings. The van der Waals surface area contributed by atoms with Crippen molar-refractivity contribution in [2.45, 2.75) is 20.0 Å². The van der Waals surface area contributed by atoms with Crippen LogP contribution in [0.3, 0.4) is 0 Å². The van der Waals surface area contributed by atoms with E-state index in [1.807, 2.05) is 73.7 Å². The Morgan fingerprint density at radius 2 is 1.67 bits per heavy atom. The highest BCUT2D eigenvalue weighted by Gasteiger charge is 2.07. The Labute approximate surface area is 125 Å². The summed E-state index contributed by atoms with van der Waals surface area (Å²) in [6, 6.07) is 19.4. The van der Waals surface area contributed by atoms with Crippen molar-refractivity contribution >= 4 is 11.8 Å². The van der Waals surface area contributed by atoms with E-state index in [1.165, 1.54) is 0 Å². The molecule has 2 rings (SSSR count). The third-order valence-electron chi connectivity index (χ3n) is 2.94. The van der Waals surface area contributed by atoms with Gasteiger partial charge in [-0.2, -0.15) is 0 Å². The van der Waals surface area contributed by atoms with Gasteiger partial charge in [0.05, 0.1) is 0 Å². The van der Waals surface area contributed by atoms with Gasteiger partial charge in [-0.15, -0.1) is 0 Å². The molecule has 0 aromatic heterocycles. The van der Waals surface area contributed by atoms with Gasteiger partial charge in [0.25, 0.3) is 0 Å². The number of ether oxygens (including phenoxy) is 1. The van der Waals surface area contributed by atoms with Crippen molar-refractivity contribution in [3.05, 3.63) is 77.9 Å². The molecule has 3 nitrogen and oxygen atoms in total. The fourth-order valence-corrected chi connectivity index (χ4v) is 1.93. The SMILES string of the molecule is CC/C=C(\NC(=O)OCc1ccccc1)c1ccccc1. The maximum absolute atomic E-state index is 11.9. The third-order valence-corrected chi connectivity index (χ3v) is 2.94. The summed E-state index contributed by atoms with van der Waals surface area (Å²) in [6.07, 6.45) is 2.37. The van der Waals surface area contributed by atoms with Gasteiger partial charge in [-0.1, -0.05) is 73.7 Å². The van der Waals surface area contributed by atoms with Gasteiger partial charge in [-0.05, 0) is 17.5 Å². The lowest BCUT2D eigenvalue weighted by atomic mass is 10.1. The summed E-state index contributed by atoms with van der Waals surface area (Å²) >= 11 is 0. The number of carbonyl (C=O) groups excluding carboxylic acids is 1. The molecular formula is C18H19NO2. The highest BCUT2D eigenvalue weighted by atomic mass is 16.5. The largest absolute Gasteiger partial charge is 0.444 e. The van der Waals surface area contributed by atoms with E-state index in [4.69, 9.17) is 4.74 Å². The number of hydrogen-bond donors (Lipinski definition) is 1. The number of hydrogen-bond acceptors (Lipinski definition) is 2. The highest BCUT2D eigenvalue weighted by molar-refractivity contribution is 5.81. The van der Waals surface area contributed by atoms with Crippen LogP contribution in [0.4, 0.5) is 4.79 Å². The molecule has 2 aromatic rings. The Hall–Kier alpha value is -2.55. The van der Waals surface area contributed by atoms with E-state index in [-0.39, 0.29) is 6.61 Å². The average molecular weight is 281 g/mol. The average Bonchev–Trinajstić information content (AvgIpc) is 2.54. The van der Waals surface area contributed by atoms with Crippen LogP contribution < -0.4 is 5.32 Å². The van der Waals surface area contributed by atoms with Crippen LogP contribution in [0.5, 0.6) is 0 Å². The summed E-state index contributed by atoms with van der Waals surface area (Å²) in [6.45, 7) is 2.29. The van der Waals surface area contributed by atoms with E-state index in [0.29, 0.717) is 0 Å². The molecule has 0 spiro atoms. The fourth-order valence-electron chi connectivity index (χ4n) is 1.93. The van der Waals surface area contributed by atoms with Crippen LogP contribution in [0.15, 0.2) is 66.7 Å². The Morgan fingerprint density at radius 3 is 2.29 bits per heavy atom. The summed E-state index contributed by atoms with van der Waals surface area (Å²) in [7, 11) is 0. The van der Waals surface area contributed by atoms with Crippen LogP contribution in [0.1, 0.15) is 24.5 Å². The van der Waals surface area contributed by atoms with E-state index in [2.05, 4.69) is 5.32 Å². The molecular weight excluding hydrogens is 262 g/mol. The molecule has 108 valence electrons. The molecule has 3 heteroatoms. The molecule has 0 aliphatic rings. The predicted molar refractivity (Wildman–Crippen MR) is 84.5 cm³/mol. The topological polar surface area (TPSA) is 38.3 Å². The van der Waals surface area contributed by atoms with Gasteiger partial charge >= 0.3 is 6.09 Å². The second-order valence-electron chi connectivity index (χ2n) is 4.58. The molecule has 0 saturated carbocycles. The van der Waals surface area contributed by atoms with Gasteiger partial charge in [0, 0.05) is 5.70 Å². The minimum atomic E-state index is -0.442. The second-order valence-corrected chi connectivity index (χ2v) is 4.58. The molecule has 1 N–H and O–H groups in total. The van der Waals surface area contributed by atoms with Crippen molar-refractivity contribution < 1.29 is 9.53 Å². The van der Waals surface area contributed by atoms with E-state index >= 15 is 0 Å². The van der Waals surface area contributed by atoms with E-state index in [0.717, 1.165) is 23.2 Å². The van der Waals surface area contributed by atoms with Gasteiger partial charge in [0.15, 0.2) is 0 Å². The summed E-state index contributed by atoms with van der Waals surface area (Å²) < 4.78 is 5.24. The maximum atomic E-state index is 11.9. The van der Waals surface area contributed by atoms with Gasteiger partial charge in [0.1, 0.15) is 6.61 Å². The molecule has 0 atom stereocenters. The monoisotopic (exact) mass is 281 g/mol. The maximum Gasteiger partial charge on any atom is 0.411 e. The van der Waals surface area contributed by atoms with Crippen LogP contribution in [-0.2, 0) is 11.3 Å². The number of benzene rings is 2. The van der Waals surface area contributed by atoms with E-state index in [9.17, 15) is 4.79 Å². The molecule has 0 unspecified atom stereocenters. The number of amides is 1. The molecule has 0 bridgehead atoms. The van der Waals surface area contributed by atoms with Gasteiger partial charge in [-0.25, -0.2) is 4.79 Å². The first kappa shape index (κ1) is 14.9. The van der Waals surface area contributed by atoms with Gasteiger partial charge in [0.2, 0.25) is 0 Å². The number of nitrogens with one attached hydrogen (secondary N) is 1. The normalized spacial score (nSPS) is 11.0. The Kier molecular flexibility index (Phi) is 5.59. The Balaban J connectivity index is 1.95. The van der Waals surface area contributed by atoms with Gasteiger partial charge < -0.3 is 4.74 Å². The summed E-state index contributed by atoms with van der Waals surface area (Å²) in [5.41, 5.74) is 2.71. The van der Waals surface area contributed by atoms with E-state index < -0.39 is 6.09 Å². The summed E-state index contributed by atoms with van der Waals surface area (Å²) in [5.74, 6) is 0. The Morgan fingerprint density at radius 1 is 1.05 bits per heavy atom. The lowest BCUT2D eigenvalue weighted by molar-refractivity contribution is 0.144. The molecule has 0 aliphatic heterocycles. The molecule has 2 aromatic carbocycles. The van der Waals surface area contributed by atoms with Crippen LogP contribution in [0.2, 0.25) is 0 Å². The van der Waals surface area contributed by atoms with Crippen LogP contribution >= 0.6 is 0 Å². The van der Waals surface area contributed by atoms with Crippen molar-refractivity contribution in [3.8, 4) is 0 Å². The van der Waals surface area contributed by atoms with Crippen LogP contribution in [-0.4, -0.2) is 6.09 Å². The standard InChI is InChI=1S/C18H19NO2/c1-2-9-17(16-12-7-4-8-13-16)19-18(20)21-14-15-10-5-3-6-11-15/h3-13H,2,14H2,1H3,(H,19,20)/b17-9-. The number of alkyl carbamates (subject to hydrolysis) is 1. The zero-order valence-corrected chi connectivity index (χ0v) is 12.1. The first-order chi connectivity index (χ1) is 10.3. The Bertz CT molecular complexity index is 591. The molecule has 0 heterocycles. The smallest absolute Gasteiger partial charge is 0.411 e. The van der Waals surface area contributed by atoms with E-state index in [1.54, 1.807) is 0 Å². The van der Waals surface area contributed by atoms with Crippen molar-refractivity contribution in [1.29, 1.82) is 0 Å². The zero-order chi connectivity index (χ0) is 14.9. The van der Waals surface area contributed by atoms with Crippen LogP contribution in [0, 0.1) is 0 Å². The molecule has 0 saturated heterocycles. The predicted octanol–water partition coefficient (Wildman–Crippen LogP) is 4.36. The second kappa shape index (κ2) is 7.90. The van der Waals surface area contributed by atoms with Crippen LogP contribution in [0.25, 0.3) is 5.70 Å². The molecule has 0 aliphatic carbocycles.